The molecule has 3 rings (SSSR count). The summed E-state index contributed by atoms with van der Waals surface area (Å²) >= 11 is 5.40. The van der Waals surface area contributed by atoms with Crippen LogP contribution in [0, 0.1) is 0 Å². The van der Waals surface area contributed by atoms with E-state index in [1.807, 2.05) is 11.3 Å². The predicted molar refractivity (Wildman–Crippen MR) is 81.2 cm³/mol. The zero-order valence-corrected chi connectivity index (χ0v) is 12.7. The monoisotopic (exact) mass is 321 g/mol. The van der Waals surface area contributed by atoms with Crippen molar-refractivity contribution < 1.29 is 0 Å². The van der Waals surface area contributed by atoms with Gasteiger partial charge in [0, 0.05) is 10.3 Å². The van der Waals surface area contributed by atoms with Crippen LogP contribution in [0.15, 0.2) is 46.3 Å². The zero-order chi connectivity index (χ0) is 12.6. The highest BCUT2D eigenvalue weighted by Gasteiger charge is 2.51. The number of thiophene rings is 1. The van der Waals surface area contributed by atoms with E-state index >= 15 is 0 Å². The first-order valence-electron chi connectivity index (χ1n) is 6.24. The molecule has 2 aromatic rings. The predicted octanol–water partition coefficient (Wildman–Crippen LogP) is 4.50. The normalized spacial score (nSPS) is 18.6. The van der Waals surface area contributed by atoms with Crippen molar-refractivity contribution in [2.75, 3.05) is 7.05 Å². The van der Waals surface area contributed by atoms with Crippen LogP contribution in [0.4, 0.5) is 0 Å². The molecule has 1 aromatic heterocycles. The summed E-state index contributed by atoms with van der Waals surface area (Å²) in [6.45, 7) is 0. The minimum atomic E-state index is 0.306. The van der Waals surface area contributed by atoms with Gasteiger partial charge in [-0.1, -0.05) is 30.3 Å². The summed E-state index contributed by atoms with van der Waals surface area (Å²) in [4.78, 5) is 1.42. The summed E-state index contributed by atoms with van der Waals surface area (Å²) in [5, 5.41) is 3.52. The summed E-state index contributed by atoms with van der Waals surface area (Å²) in [6.07, 6.45) is 2.55. The van der Waals surface area contributed by atoms with Crippen LogP contribution in [-0.2, 0) is 5.41 Å². The molecule has 18 heavy (non-hydrogen) atoms. The standard InChI is InChI=1S/C15H16BrNS/c1-17-14(12-7-8-13(16)18-12)15(9-10-15)11-5-3-2-4-6-11/h2-8,14,17H,9-10H2,1H3. The van der Waals surface area contributed by atoms with Gasteiger partial charge in [-0.3, -0.25) is 0 Å². The van der Waals surface area contributed by atoms with Gasteiger partial charge >= 0.3 is 0 Å². The van der Waals surface area contributed by atoms with Crippen LogP contribution >= 0.6 is 27.3 Å². The van der Waals surface area contributed by atoms with Gasteiger partial charge in [0.1, 0.15) is 0 Å². The molecule has 1 fully saturated rings. The molecule has 94 valence electrons. The van der Waals surface area contributed by atoms with E-state index in [1.54, 1.807) is 0 Å². The molecule has 1 heterocycles. The van der Waals surface area contributed by atoms with Gasteiger partial charge in [0.05, 0.1) is 9.83 Å². The number of hydrogen-bond acceptors (Lipinski definition) is 2. The van der Waals surface area contributed by atoms with Crippen molar-refractivity contribution in [1.29, 1.82) is 0 Å². The molecular formula is C15H16BrNS. The Hall–Kier alpha value is -0.640. The van der Waals surface area contributed by atoms with Crippen LogP contribution in [0.5, 0.6) is 0 Å². The lowest BCUT2D eigenvalue weighted by Gasteiger charge is -2.26. The van der Waals surface area contributed by atoms with Gasteiger partial charge in [-0.05, 0) is 53.5 Å². The van der Waals surface area contributed by atoms with Crippen LogP contribution < -0.4 is 5.32 Å². The summed E-state index contributed by atoms with van der Waals surface area (Å²) in [5.74, 6) is 0. The first kappa shape index (κ1) is 12.4. The van der Waals surface area contributed by atoms with Crippen LogP contribution in [-0.4, -0.2) is 7.05 Å². The summed E-state index contributed by atoms with van der Waals surface area (Å²) in [6, 6.07) is 15.7. The molecule has 0 aliphatic heterocycles. The second kappa shape index (κ2) is 4.80. The highest BCUT2D eigenvalue weighted by Crippen LogP contribution is 2.57. The first-order valence-corrected chi connectivity index (χ1v) is 7.85. The Morgan fingerprint density at radius 1 is 1.17 bits per heavy atom. The maximum atomic E-state index is 3.56. The van der Waals surface area contributed by atoms with Crippen molar-refractivity contribution in [2.45, 2.75) is 24.3 Å². The van der Waals surface area contributed by atoms with Crippen molar-refractivity contribution in [3.63, 3.8) is 0 Å². The molecule has 1 atom stereocenters. The van der Waals surface area contributed by atoms with Gasteiger partial charge in [0.2, 0.25) is 0 Å². The fraction of sp³-hybridized carbons (Fsp3) is 0.333. The van der Waals surface area contributed by atoms with E-state index < -0.39 is 0 Å². The van der Waals surface area contributed by atoms with Crippen molar-refractivity contribution >= 4 is 27.3 Å². The lowest BCUT2D eigenvalue weighted by Crippen LogP contribution is -2.28. The van der Waals surface area contributed by atoms with E-state index in [0.717, 1.165) is 0 Å². The van der Waals surface area contributed by atoms with Gasteiger partial charge < -0.3 is 5.32 Å². The molecule has 0 radical (unpaired) electrons. The van der Waals surface area contributed by atoms with Crippen LogP contribution in [0.3, 0.4) is 0 Å². The molecule has 1 nitrogen and oxygen atoms in total. The molecule has 1 saturated carbocycles. The third kappa shape index (κ3) is 2.04. The Bertz CT molecular complexity index is 530. The Labute approximate surface area is 120 Å². The van der Waals surface area contributed by atoms with Gasteiger partial charge in [-0.25, -0.2) is 0 Å². The van der Waals surface area contributed by atoms with E-state index in [1.165, 1.54) is 27.1 Å². The minimum Gasteiger partial charge on any atom is -0.312 e. The van der Waals surface area contributed by atoms with Gasteiger partial charge in [-0.2, -0.15) is 0 Å². The lowest BCUT2D eigenvalue weighted by molar-refractivity contribution is 0.470. The van der Waals surface area contributed by atoms with Crippen molar-refractivity contribution in [3.05, 3.63) is 56.7 Å². The Balaban J connectivity index is 1.97. The smallest absolute Gasteiger partial charge is 0.0701 e. The summed E-state index contributed by atoms with van der Waals surface area (Å²) < 4.78 is 1.21. The third-order valence-electron chi connectivity index (χ3n) is 3.86. The summed E-state index contributed by atoms with van der Waals surface area (Å²) in [5.41, 5.74) is 1.77. The molecule has 1 unspecified atom stereocenters. The van der Waals surface area contributed by atoms with Crippen LogP contribution in [0.2, 0.25) is 0 Å². The molecule has 3 heteroatoms. The molecule has 1 aliphatic rings. The maximum Gasteiger partial charge on any atom is 0.0701 e. The topological polar surface area (TPSA) is 12.0 Å². The number of nitrogens with one attached hydrogen (secondary N) is 1. The average Bonchev–Trinajstić information content (AvgIpc) is 3.09. The number of hydrogen-bond donors (Lipinski definition) is 1. The molecule has 0 bridgehead atoms. The fourth-order valence-corrected chi connectivity index (χ4v) is 4.47. The van der Waals surface area contributed by atoms with Gasteiger partial charge in [0.25, 0.3) is 0 Å². The van der Waals surface area contributed by atoms with Gasteiger partial charge in [0.15, 0.2) is 0 Å². The zero-order valence-electron chi connectivity index (χ0n) is 10.3. The van der Waals surface area contributed by atoms with Crippen molar-refractivity contribution in [1.82, 2.24) is 5.32 Å². The number of likely N-dealkylation sites (N-methyl/N-ethyl adjacent to an activating group) is 1. The first-order chi connectivity index (χ1) is 8.76. The molecule has 0 amide bonds. The second-order valence-electron chi connectivity index (χ2n) is 4.89. The second-order valence-corrected chi connectivity index (χ2v) is 7.38. The highest BCUT2D eigenvalue weighted by molar-refractivity contribution is 9.11. The number of rotatable bonds is 4. The largest absolute Gasteiger partial charge is 0.312 e. The molecular weight excluding hydrogens is 306 g/mol. The fourth-order valence-electron chi connectivity index (χ4n) is 2.82. The highest BCUT2D eigenvalue weighted by atomic mass is 79.9. The van der Waals surface area contributed by atoms with Crippen LogP contribution in [0.25, 0.3) is 0 Å². The maximum absolute atomic E-state index is 3.56. The molecule has 1 aromatic carbocycles. The van der Waals surface area contributed by atoms with Crippen molar-refractivity contribution in [2.24, 2.45) is 0 Å². The molecule has 0 saturated heterocycles. The number of halogens is 1. The van der Waals surface area contributed by atoms with Crippen LogP contribution in [0.1, 0.15) is 29.3 Å². The van der Waals surface area contributed by atoms with E-state index in [4.69, 9.17) is 0 Å². The minimum absolute atomic E-state index is 0.306. The Morgan fingerprint density at radius 2 is 1.89 bits per heavy atom. The lowest BCUT2D eigenvalue weighted by atomic mass is 9.87. The molecule has 0 spiro atoms. The van der Waals surface area contributed by atoms with E-state index in [-0.39, 0.29) is 0 Å². The average molecular weight is 322 g/mol. The summed E-state index contributed by atoms with van der Waals surface area (Å²) in [7, 11) is 2.07. The van der Waals surface area contributed by atoms with E-state index in [9.17, 15) is 0 Å². The van der Waals surface area contributed by atoms with E-state index in [0.29, 0.717) is 11.5 Å². The quantitative estimate of drug-likeness (QED) is 0.874. The number of benzene rings is 1. The Morgan fingerprint density at radius 3 is 2.39 bits per heavy atom. The molecule has 1 aliphatic carbocycles. The third-order valence-corrected chi connectivity index (χ3v) is 5.55. The van der Waals surface area contributed by atoms with Gasteiger partial charge in [-0.15, -0.1) is 11.3 Å². The van der Waals surface area contributed by atoms with Crippen molar-refractivity contribution in [3.8, 4) is 0 Å². The Kier molecular flexibility index (Phi) is 3.31. The SMILES string of the molecule is CNC(c1ccc(Br)s1)C1(c2ccccc2)CC1. The molecule has 1 N–H and O–H groups in total. The van der Waals surface area contributed by atoms with E-state index in [2.05, 4.69) is 70.8 Å².